The van der Waals surface area contributed by atoms with E-state index in [1.807, 2.05) is 36.5 Å². The molecule has 3 aromatic rings. The molecule has 0 saturated carbocycles. The zero-order valence-electron chi connectivity index (χ0n) is 16.1. The molecule has 0 spiro atoms. The summed E-state index contributed by atoms with van der Waals surface area (Å²) in [6.07, 6.45) is 7.66. The van der Waals surface area contributed by atoms with Crippen molar-refractivity contribution in [3.05, 3.63) is 71.8 Å². The Morgan fingerprint density at radius 3 is 2.63 bits per heavy atom. The number of benzene rings is 1. The maximum absolute atomic E-state index is 12.4. The van der Waals surface area contributed by atoms with Crippen LogP contribution in [-0.4, -0.2) is 20.7 Å². The smallest absolute Gasteiger partial charge is 0.137 e. The quantitative estimate of drug-likeness (QED) is 0.583. The van der Waals surface area contributed by atoms with E-state index in [2.05, 4.69) is 40.9 Å². The zero-order valence-corrected chi connectivity index (χ0v) is 16.1. The monoisotopic (exact) mass is 361 g/mol. The van der Waals surface area contributed by atoms with Gasteiger partial charge in [-0.15, -0.1) is 0 Å². The minimum Gasteiger partial charge on any atom is -0.360 e. The third-order valence-electron chi connectivity index (χ3n) is 5.01. The molecule has 27 heavy (non-hydrogen) atoms. The van der Waals surface area contributed by atoms with E-state index < -0.39 is 0 Å². The van der Waals surface area contributed by atoms with Gasteiger partial charge >= 0.3 is 0 Å². The summed E-state index contributed by atoms with van der Waals surface area (Å²) in [5.74, 6) is 1.61. The molecule has 2 aromatic heterocycles. The molecule has 2 heterocycles. The molecule has 140 valence electrons. The number of carbonyl (C=O) groups excluding carboxylic acids is 1. The summed E-state index contributed by atoms with van der Waals surface area (Å²) in [4.78, 5) is 24.6. The molecule has 0 bridgehead atoms. The summed E-state index contributed by atoms with van der Waals surface area (Å²) >= 11 is 0. The fraction of sp³-hybridized carbons (Fsp3) is 0.348. The highest BCUT2D eigenvalue weighted by molar-refractivity contribution is 5.81. The average molecular weight is 361 g/mol. The van der Waals surface area contributed by atoms with Crippen molar-refractivity contribution in [3.63, 3.8) is 0 Å². The molecular formula is C23H27N3O. The van der Waals surface area contributed by atoms with Crippen molar-refractivity contribution in [3.8, 4) is 11.4 Å². The van der Waals surface area contributed by atoms with Crippen molar-refractivity contribution >= 4 is 5.78 Å². The van der Waals surface area contributed by atoms with Crippen LogP contribution in [0.2, 0.25) is 0 Å². The van der Waals surface area contributed by atoms with Crippen LogP contribution in [0.3, 0.4) is 0 Å². The highest BCUT2D eigenvalue weighted by Crippen LogP contribution is 2.17. The van der Waals surface area contributed by atoms with Crippen LogP contribution in [0.1, 0.15) is 50.1 Å². The number of ketones is 1. The fourth-order valence-corrected chi connectivity index (χ4v) is 3.36. The third-order valence-corrected chi connectivity index (χ3v) is 5.01. The maximum atomic E-state index is 12.4. The molecule has 4 nitrogen and oxygen atoms in total. The molecule has 1 aromatic carbocycles. The number of aromatic nitrogens is 3. The first-order valence-electron chi connectivity index (χ1n) is 9.73. The predicted octanol–water partition coefficient (Wildman–Crippen LogP) is 5.00. The number of aromatic amines is 1. The molecule has 0 saturated heterocycles. The van der Waals surface area contributed by atoms with E-state index in [0.29, 0.717) is 31.0 Å². The summed E-state index contributed by atoms with van der Waals surface area (Å²) in [5.41, 5.74) is 4.08. The fourth-order valence-electron chi connectivity index (χ4n) is 3.36. The van der Waals surface area contributed by atoms with Crippen molar-refractivity contribution < 1.29 is 4.79 Å². The highest BCUT2D eigenvalue weighted by atomic mass is 16.1. The highest BCUT2D eigenvalue weighted by Gasteiger charge is 2.11. The van der Waals surface area contributed by atoms with Crippen LogP contribution < -0.4 is 0 Å². The van der Waals surface area contributed by atoms with Gasteiger partial charge in [-0.2, -0.15) is 0 Å². The Kier molecular flexibility index (Phi) is 6.53. The lowest BCUT2D eigenvalue weighted by Gasteiger charge is -2.11. The number of rotatable bonds is 9. The Bertz CT molecular complexity index is 867. The molecule has 1 N–H and O–H groups in total. The van der Waals surface area contributed by atoms with Crippen molar-refractivity contribution in [2.75, 3.05) is 0 Å². The lowest BCUT2D eigenvalue weighted by molar-refractivity contribution is -0.119. The summed E-state index contributed by atoms with van der Waals surface area (Å²) in [7, 11) is 0. The molecular weight excluding hydrogens is 334 g/mol. The summed E-state index contributed by atoms with van der Waals surface area (Å²) in [6, 6.07) is 14.1. The predicted molar refractivity (Wildman–Crippen MR) is 108 cm³/mol. The molecule has 4 heteroatoms. The minimum absolute atomic E-state index is 0.325. The van der Waals surface area contributed by atoms with E-state index in [0.717, 1.165) is 41.2 Å². The second-order valence-electron chi connectivity index (χ2n) is 7.04. The van der Waals surface area contributed by atoms with Gasteiger partial charge in [0.15, 0.2) is 0 Å². The number of carbonyl (C=O) groups is 1. The zero-order chi connectivity index (χ0) is 19.1. The van der Waals surface area contributed by atoms with Gasteiger partial charge in [0.25, 0.3) is 0 Å². The molecule has 0 unspecified atom stereocenters. The lowest BCUT2D eigenvalue weighted by atomic mass is 9.94. The van der Waals surface area contributed by atoms with Crippen molar-refractivity contribution in [1.29, 1.82) is 0 Å². The van der Waals surface area contributed by atoms with E-state index in [9.17, 15) is 4.79 Å². The Labute approximate surface area is 161 Å². The van der Waals surface area contributed by atoms with Gasteiger partial charge in [0.05, 0.1) is 11.4 Å². The average Bonchev–Trinajstić information content (AvgIpc) is 3.21. The Hall–Kier alpha value is -2.75. The summed E-state index contributed by atoms with van der Waals surface area (Å²) in [6.45, 7) is 4.31. The van der Waals surface area contributed by atoms with Crippen molar-refractivity contribution in [1.82, 2.24) is 15.0 Å². The first-order valence-corrected chi connectivity index (χ1v) is 9.73. The van der Waals surface area contributed by atoms with Gasteiger partial charge in [-0.1, -0.05) is 51.0 Å². The molecule has 0 aliphatic carbocycles. The van der Waals surface area contributed by atoms with E-state index in [-0.39, 0.29) is 0 Å². The van der Waals surface area contributed by atoms with Crippen molar-refractivity contribution in [2.24, 2.45) is 5.92 Å². The van der Waals surface area contributed by atoms with Crippen LogP contribution in [0.5, 0.6) is 0 Å². The largest absolute Gasteiger partial charge is 0.360 e. The van der Waals surface area contributed by atoms with Gasteiger partial charge in [-0.25, -0.2) is 9.97 Å². The Balaban J connectivity index is 1.67. The van der Waals surface area contributed by atoms with Crippen LogP contribution in [0.25, 0.3) is 11.4 Å². The number of H-pyrrole nitrogens is 1. The van der Waals surface area contributed by atoms with E-state index >= 15 is 0 Å². The van der Waals surface area contributed by atoms with Crippen LogP contribution in [0.4, 0.5) is 0 Å². The number of hydrogen-bond donors (Lipinski definition) is 1. The number of Topliss-reactive ketones (excluding diaryl/α,β-unsaturated/α-hetero) is 1. The van der Waals surface area contributed by atoms with E-state index in [1.54, 1.807) is 6.20 Å². The Morgan fingerprint density at radius 1 is 1.07 bits per heavy atom. The molecule has 0 radical (unpaired) electrons. The first kappa shape index (κ1) is 19.0. The molecule has 0 fully saturated rings. The van der Waals surface area contributed by atoms with Gasteiger partial charge in [0.1, 0.15) is 11.6 Å². The summed E-state index contributed by atoms with van der Waals surface area (Å²) < 4.78 is 0. The molecule has 3 rings (SSSR count). The topological polar surface area (TPSA) is 58.6 Å². The SMILES string of the molecule is CCC(CC)CC(=O)Cc1cccc(Cc2nccc(-c3ccc[nH]3)n2)c1. The van der Waals surface area contributed by atoms with Crippen molar-refractivity contribution in [2.45, 2.75) is 46.0 Å². The van der Waals surface area contributed by atoms with Gasteiger partial charge < -0.3 is 4.98 Å². The van der Waals surface area contributed by atoms with Gasteiger partial charge in [0, 0.05) is 31.7 Å². The van der Waals surface area contributed by atoms with E-state index in [4.69, 9.17) is 0 Å². The van der Waals surface area contributed by atoms with Crippen LogP contribution in [-0.2, 0) is 17.6 Å². The normalized spacial score (nSPS) is 11.1. The molecule has 0 aliphatic heterocycles. The number of hydrogen-bond acceptors (Lipinski definition) is 3. The standard InChI is InChI=1S/C23H27N3O/c1-3-17(4-2)14-20(27)15-18-7-5-8-19(13-18)16-23-25-12-10-22(26-23)21-9-6-11-24-21/h5-13,17,24H,3-4,14-16H2,1-2H3. The van der Waals surface area contributed by atoms with Crippen LogP contribution >= 0.6 is 0 Å². The van der Waals surface area contributed by atoms with Crippen LogP contribution in [0.15, 0.2) is 54.9 Å². The Morgan fingerprint density at radius 2 is 1.89 bits per heavy atom. The van der Waals surface area contributed by atoms with Gasteiger partial charge in [0.2, 0.25) is 0 Å². The second kappa shape index (κ2) is 9.26. The molecule has 0 atom stereocenters. The third kappa shape index (κ3) is 5.36. The number of nitrogens with one attached hydrogen (secondary N) is 1. The lowest BCUT2D eigenvalue weighted by Crippen LogP contribution is -2.10. The van der Waals surface area contributed by atoms with Crippen LogP contribution in [0, 0.1) is 5.92 Å². The summed E-state index contributed by atoms with van der Waals surface area (Å²) in [5, 5.41) is 0. The van der Waals surface area contributed by atoms with E-state index in [1.165, 1.54) is 0 Å². The number of nitrogens with zero attached hydrogens (tertiary/aromatic N) is 2. The first-order chi connectivity index (χ1) is 13.2. The maximum Gasteiger partial charge on any atom is 0.137 e. The molecule has 0 aliphatic rings. The van der Waals surface area contributed by atoms with Gasteiger partial charge in [-0.3, -0.25) is 4.79 Å². The van der Waals surface area contributed by atoms with Gasteiger partial charge in [-0.05, 0) is 35.2 Å². The molecule has 0 amide bonds. The minimum atomic E-state index is 0.325. The second-order valence-corrected chi connectivity index (χ2v) is 7.04.